The van der Waals surface area contributed by atoms with Gasteiger partial charge in [0.05, 0.1) is 10.6 Å². The molecule has 2 aliphatic rings. The zero-order valence-electron chi connectivity index (χ0n) is 14.5. The maximum absolute atomic E-state index is 11.7. The van der Waals surface area contributed by atoms with Gasteiger partial charge in [0, 0.05) is 24.7 Å². The summed E-state index contributed by atoms with van der Waals surface area (Å²) >= 11 is 0.878. The third kappa shape index (κ3) is 4.17. The number of piperidine rings is 1. The fraction of sp³-hybridized carbons (Fsp3) is 0.263. The van der Waals surface area contributed by atoms with E-state index in [2.05, 4.69) is 50.2 Å². The van der Waals surface area contributed by atoms with Crippen LogP contribution in [0.4, 0.5) is 10.7 Å². The average Bonchev–Trinajstić information content (AvgIpc) is 3.00. The Hall–Kier alpha value is -2.71. The molecular weight excluding hydrogens is 362 g/mol. The number of nitrogens with zero attached hydrogens (tertiary/aromatic N) is 2. The fourth-order valence-corrected chi connectivity index (χ4v) is 4.02. The number of carbonyl (C=O) groups is 2. The number of imide groups is 1. The lowest BCUT2D eigenvalue weighted by Gasteiger charge is -2.33. The molecule has 3 N–H and O–H groups in total. The van der Waals surface area contributed by atoms with E-state index in [0.29, 0.717) is 22.5 Å². The van der Waals surface area contributed by atoms with Crippen molar-refractivity contribution in [1.29, 1.82) is 0 Å². The molecule has 2 fully saturated rings. The lowest BCUT2D eigenvalue weighted by Crippen LogP contribution is -2.44. The molecule has 27 heavy (non-hydrogen) atoms. The van der Waals surface area contributed by atoms with E-state index in [1.807, 2.05) is 6.07 Å². The molecule has 138 valence electrons. The van der Waals surface area contributed by atoms with Crippen LogP contribution in [-0.2, 0) is 4.79 Å². The highest BCUT2D eigenvalue weighted by Crippen LogP contribution is 2.28. The number of aromatic nitrogens is 2. The Bertz CT molecular complexity index is 887. The summed E-state index contributed by atoms with van der Waals surface area (Å²) in [5.41, 5.74) is 1.88. The number of anilines is 1. The predicted molar refractivity (Wildman–Crippen MR) is 105 cm³/mol. The number of carbonyl (C=O) groups excluding carboxylic acids is 2. The smallest absolute Gasteiger partial charge is 0.290 e. The Morgan fingerprint density at radius 3 is 2.81 bits per heavy atom. The normalized spacial score (nSPS) is 24.1. The van der Waals surface area contributed by atoms with Crippen LogP contribution in [0.5, 0.6) is 0 Å². The highest BCUT2D eigenvalue weighted by molar-refractivity contribution is 8.18. The van der Waals surface area contributed by atoms with Crippen molar-refractivity contribution in [1.82, 2.24) is 20.6 Å². The zero-order chi connectivity index (χ0) is 18.6. The first kappa shape index (κ1) is 17.7. The van der Waals surface area contributed by atoms with Crippen LogP contribution in [0.2, 0.25) is 0 Å². The van der Waals surface area contributed by atoms with Gasteiger partial charge < -0.3 is 10.6 Å². The van der Waals surface area contributed by atoms with Gasteiger partial charge in [-0.05, 0) is 42.4 Å². The molecule has 4 rings (SSSR count). The number of amides is 2. The van der Waals surface area contributed by atoms with Gasteiger partial charge in [0.1, 0.15) is 0 Å². The Balaban J connectivity index is 1.53. The molecule has 8 heteroatoms. The van der Waals surface area contributed by atoms with E-state index in [4.69, 9.17) is 0 Å². The Morgan fingerprint density at radius 1 is 1.19 bits per heavy atom. The minimum Gasteiger partial charge on any atom is -0.350 e. The summed E-state index contributed by atoms with van der Waals surface area (Å²) in [6.45, 7) is 1.80. The van der Waals surface area contributed by atoms with Gasteiger partial charge in [-0.25, -0.2) is 9.97 Å². The minimum atomic E-state index is -0.390. The second-order valence-electron chi connectivity index (χ2n) is 6.42. The van der Waals surface area contributed by atoms with E-state index in [0.717, 1.165) is 31.3 Å². The first-order valence-corrected chi connectivity index (χ1v) is 9.61. The summed E-state index contributed by atoms with van der Waals surface area (Å²) in [5.74, 6) is 0.485. The SMILES string of the molecule is O=C1NC(=O)/C(=C\c2ccnc(NC3CNCCC3c3ccccc3)n2)S1. The fourth-order valence-electron chi connectivity index (χ4n) is 3.35. The van der Waals surface area contributed by atoms with Gasteiger partial charge in [-0.2, -0.15) is 0 Å². The predicted octanol–water partition coefficient (Wildman–Crippen LogP) is 2.36. The second-order valence-corrected chi connectivity index (χ2v) is 7.43. The van der Waals surface area contributed by atoms with Gasteiger partial charge in [-0.3, -0.25) is 14.9 Å². The van der Waals surface area contributed by atoms with Crippen LogP contribution in [0.1, 0.15) is 23.6 Å². The van der Waals surface area contributed by atoms with Gasteiger partial charge in [0.25, 0.3) is 11.1 Å². The molecule has 2 aliphatic heterocycles. The van der Waals surface area contributed by atoms with Crippen LogP contribution >= 0.6 is 11.8 Å². The molecule has 0 saturated carbocycles. The minimum absolute atomic E-state index is 0.162. The zero-order valence-corrected chi connectivity index (χ0v) is 15.3. The Labute approximate surface area is 161 Å². The molecule has 2 saturated heterocycles. The standard InChI is InChI=1S/C19H19N5O2S/c25-17-16(27-19(26)24-17)10-13-6-9-21-18(22-13)23-15-11-20-8-7-14(15)12-4-2-1-3-5-12/h1-6,9-10,14-15,20H,7-8,11H2,(H,21,22,23)(H,24,25,26)/b16-10+. The topological polar surface area (TPSA) is 96.0 Å². The third-order valence-corrected chi connectivity index (χ3v) is 5.43. The van der Waals surface area contributed by atoms with Gasteiger partial charge in [0.15, 0.2) is 0 Å². The van der Waals surface area contributed by atoms with Crippen molar-refractivity contribution >= 4 is 34.9 Å². The number of rotatable bonds is 4. The van der Waals surface area contributed by atoms with Crippen LogP contribution in [0, 0.1) is 0 Å². The van der Waals surface area contributed by atoms with Crippen molar-refractivity contribution in [2.45, 2.75) is 18.4 Å². The summed E-state index contributed by atoms with van der Waals surface area (Å²) in [6.07, 6.45) is 4.28. The van der Waals surface area contributed by atoms with Crippen molar-refractivity contribution in [2.24, 2.45) is 0 Å². The van der Waals surface area contributed by atoms with Crippen LogP contribution in [0.15, 0.2) is 47.5 Å². The first-order valence-electron chi connectivity index (χ1n) is 8.79. The van der Waals surface area contributed by atoms with Crippen molar-refractivity contribution in [3.63, 3.8) is 0 Å². The Kier molecular flexibility index (Phi) is 5.17. The van der Waals surface area contributed by atoms with E-state index in [1.54, 1.807) is 18.3 Å². The van der Waals surface area contributed by atoms with Crippen LogP contribution < -0.4 is 16.0 Å². The number of nitrogens with one attached hydrogen (secondary N) is 3. The monoisotopic (exact) mass is 381 g/mol. The molecule has 2 unspecified atom stereocenters. The largest absolute Gasteiger partial charge is 0.350 e. The lowest BCUT2D eigenvalue weighted by atomic mass is 9.86. The molecule has 2 amide bonds. The lowest BCUT2D eigenvalue weighted by molar-refractivity contribution is -0.115. The maximum Gasteiger partial charge on any atom is 0.290 e. The van der Waals surface area contributed by atoms with Gasteiger partial charge in [0.2, 0.25) is 5.95 Å². The Morgan fingerprint density at radius 2 is 2.04 bits per heavy atom. The van der Waals surface area contributed by atoms with Crippen molar-refractivity contribution in [3.05, 3.63) is 58.8 Å². The summed E-state index contributed by atoms with van der Waals surface area (Å²) in [4.78, 5) is 32.1. The number of benzene rings is 1. The molecule has 1 aromatic heterocycles. The van der Waals surface area contributed by atoms with Gasteiger partial charge >= 0.3 is 0 Å². The molecule has 0 radical (unpaired) electrons. The van der Waals surface area contributed by atoms with E-state index in [-0.39, 0.29) is 11.3 Å². The van der Waals surface area contributed by atoms with Crippen molar-refractivity contribution in [3.8, 4) is 0 Å². The molecule has 2 atom stereocenters. The molecule has 0 spiro atoms. The molecule has 2 aromatic rings. The van der Waals surface area contributed by atoms with Crippen molar-refractivity contribution < 1.29 is 9.59 Å². The van der Waals surface area contributed by atoms with E-state index < -0.39 is 5.91 Å². The second kappa shape index (κ2) is 7.89. The molecule has 0 aliphatic carbocycles. The van der Waals surface area contributed by atoms with Gasteiger partial charge in [-0.1, -0.05) is 30.3 Å². The number of thioether (sulfide) groups is 1. The third-order valence-electron chi connectivity index (χ3n) is 4.62. The van der Waals surface area contributed by atoms with E-state index in [1.165, 1.54) is 5.56 Å². The number of hydrogen-bond acceptors (Lipinski definition) is 7. The first-order chi connectivity index (χ1) is 13.2. The summed E-state index contributed by atoms with van der Waals surface area (Å²) in [6, 6.07) is 12.3. The van der Waals surface area contributed by atoms with E-state index in [9.17, 15) is 9.59 Å². The molecular formula is C19H19N5O2S. The molecule has 1 aromatic carbocycles. The average molecular weight is 381 g/mol. The van der Waals surface area contributed by atoms with E-state index >= 15 is 0 Å². The van der Waals surface area contributed by atoms with Crippen LogP contribution in [0.3, 0.4) is 0 Å². The summed E-state index contributed by atoms with van der Waals surface area (Å²) in [5, 5.41) is 8.72. The highest BCUT2D eigenvalue weighted by atomic mass is 32.2. The molecule has 7 nitrogen and oxygen atoms in total. The molecule has 3 heterocycles. The maximum atomic E-state index is 11.7. The van der Waals surface area contributed by atoms with Crippen molar-refractivity contribution in [2.75, 3.05) is 18.4 Å². The summed E-state index contributed by atoms with van der Waals surface area (Å²) in [7, 11) is 0. The number of hydrogen-bond donors (Lipinski definition) is 3. The molecule has 0 bridgehead atoms. The van der Waals surface area contributed by atoms with Gasteiger partial charge in [-0.15, -0.1) is 0 Å². The van der Waals surface area contributed by atoms with Crippen LogP contribution in [0.25, 0.3) is 6.08 Å². The summed E-state index contributed by atoms with van der Waals surface area (Å²) < 4.78 is 0. The quantitative estimate of drug-likeness (QED) is 0.700. The highest BCUT2D eigenvalue weighted by Gasteiger charge is 2.27. The van der Waals surface area contributed by atoms with Crippen LogP contribution in [-0.4, -0.2) is 40.2 Å².